The van der Waals surface area contributed by atoms with E-state index >= 15 is 0 Å². The van der Waals surface area contributed by atoms with Crippen LogP contribution in [-0.4, -0.2) is 57.7 Å². The molecule has 0 aromatic carbocycles. The molecule has 2 heterocycles. The fourth-order valence-corrected chi connectivity index (χ4v) is 2.81. The maximum Gasteiger partial charge on any atom is 0.223 e. The van der Waals surface area contributed by atoms with Gasteiger partial charge in [0.05, 0.1) is 38.2 Å². The van der Waals surface area contributed by atoms with Gasteiger partial charge in [0.2, 0.25) is 5.43 Å². The van der Waals surface area contributed by atoms with Crippen LogP contribution in [0, 0.1) is 0 Å². The Labute approximate surface area is 129 Å². The summed E-state index contributed by atoms with van der Waals surface area (Å²) in [6.07, 6.45) is 0.627. The third-order valence-electron chi connectivity index (χ3n) is 4.09. The lowest BCUT2D eigenvalue weighted by Crippen LogP contribution is -2.37. The van der Waals surface area contributed by atoms with Crippen molar-refractivity contribution in [3.63, 3.8) is 0 Å². The Morgan fingerprint density at radius 1 is 1.32 bits per heavy atom. The van der Waals surface area contributed by atoms with Gasteiger partial charge in [0, 0.05) is 31.4 Å². The molecule has 1 aromatic heterocycles. The summed E-state index contributed by atoms with van der Waals surface area (Å²) in [7, 11) is 0. The number of aliphatic hydroxyl groups is 2. The summed E-state index contributed by atoms with van der Waals surface area (Å²) in [5.74, 6) is -0.310. The molecule has 1 atom stereocenters. The zero-order chi connectivity index (χ0) is 16.1. The highest BCUT2D eigenvalue weighted by Gasteiger charge is 2.22. The molecule has 7 heteroatoms. The number of morpholine rings is 1. The Kier molecular flexibility index (Phi) is 5.96. The molecule has 1 unspecified atom stereocenters. The van der Waals surface area contributed by atoms with Crippen molar-refractivity contribution in [1.29, 1.82) is 0 Å². The van der Waals surface area contributed by atoms with Crippen molar-refractivity contribution < 1.29 is 20.1 Å². The van der Waals surface area contributed by atoms with Gasteiger partial charge in [-0.25, -0.2) is 0 Å². The highest BCUT2D eigenvalue weighted by molar-refractivity contribution is 5.30. The van der Waals surface area contributed by atoms with E-state index in [0.29, 0.717) is 50.7 Å². The zero-order valence-electron chi connectivity index (χ0n) is 12.9. The van der Waals surface area contributed by atoms with Crippen LogP contribution < -0.4 is 5.43 Å². The molecule has 22 heavy (non-hydrogen) atoms. The van der Waals surface area contributed by atoms with E-state index in [9.17, 15) is 20.1 Å². The number of pyridine rings is 1. The first-order valence-electron chi connectivity index (χ1n) is 7.60. The van der Waals surface area contributed by atoms with Crippen LogP contribution in [0.15, 0.2) is 10.9 Å². The van der Waals surface area contributed by atoms with Gasteiger partial charge in [-0.15, -0.1) is 0 Å². The fraction of sp³-hybridized carbons (Fsp3) is 0.667. The molecule has 2 rings (SSSR count). The van der Waals surface area contributed by atoms with E-state index in [0.717, 1.165) is 0 Å². The lowest BCUT2D eigenvalue weighted by atomic mass is 10.1. The minimum absolute atomic E-state index is 0.123. The second kappa shape index (κ2) is 7.73. The first-order valence-corrected chi connectivity index (χ1v) is 7.60. The van der Waals surface area contributed by atoms with Gasteiger partial charge in [-0.05, 0) is 6.42 Å². The number of aromatic hydroxyl groups is 1. The van der Waals surface area contributed by atoms with E-state index in [-0.39, 0.29) is 25.0 Å². The predicted octanol–water partition coefficient (Wildman–Crippen LogP) is -0.178. The molecule has 3 N–H and O–H groups in total. The average molecular weight is 312 g/mol. The molecule has 1 fully saturated rings. The van der Waals surface area contributed by atoms with Crippen LogP contribution >= 0.6 is 0 Å². The van der Waals surface area contributed by atoms with Crippen molar-refractivity contribution in [2.45, 2.75) is 32.5 Å². The molecule has 124 valence electrons. The number of hydrogen-bond acceptors (Lipinski definition) is 6. The van der Waals surface area contributed by atoms with Crippen molar-refractivity contribution in [3.05, 3.63) is 27.7 Å². The van der Waals surface area contributed by atoms with Crippen molar-refractivity contribution in [2.75, 3.05) is 32.9 Å². The van der Waals surface area contributed by atoms with Crippen molar-refractivity contribution in [2.24, 2.45) is 0 Å². The van der Waals surface area contributed by atoms with Gasteiger partial charge in [0.15, 0.2) is 5.75 Å². The van der Waals surface area contributed by atoms with Crippen LogP contribution in [0.1, 0.15) is 30.8 Å². The number of hydrogen-bond donors (Lipinski definition) is 3. The van der Waals surface area contributed by atoms with Gasteiger partial charge in [-0.1, -0.05) is 6.92 Å². The van der Waals surface area contributed by atoms with Gasteiger partial charge in [-0.3, -0.25) is 9.69 Å². The smallest absolute Gasteiger partial charge is 0.223 e. The topological polar surface area (TPSA) is 95.2 Å². The van der Waals surface area contributed by atoms with Crippen LogP contribution in [0.3, 0.4) is 0 Å². The van der Waals surface area contributed by atoms with Gasteiger partial charge in [0.1, 0.15) is 0 Å². The molecule has 1 aliphatic rings. The number of nitrogens with zero attached hydrogens (tertiary/aromatic N) is 2. The summed E-state index contributed by atoms with van der Waals surface area (Å²) < 4.78 is 7.00. The summed E-state index contributed by atoms with van der Waals surface area (Å²) >= 11 is 0. The summed E-state index contributed by atoms with van der Waals surface area (Å²) in [5.41, 5.74) is 0.350. The molecule has 1 aromatic rings. The third-order valence-corrected chi connectivity index (χ3v) is 4.09. The SMILES string of the molecule is CCC(CO)n1c(CO)cc(=O)c(O)c1CN1CCOCC1. The second-order valence-corrected chi connectivity index (χ2v) is 5.46. The summed E-state index contributed by atoms with van der Waals surface area (Å²) in [4.78, 5) is 14.0. The van der Waals surface area contributed by atoms with Crippen LogP contribution in [-0.2, 0) is 17.9 Å². The molecule has 0 saturated carbocycles. The second-order valence-electron chi connectivity index (χ2n) is 5.46. The third kappa shape index (κ3) is 3.49. The van der Waals surface area contributed by atoms with E-state index in [4.69, 9.17) is 4.74 Å². The monoisotopic (exact) mass is 312 g/mol. The quantitative estimate of drug-likeness (QED) is 0.675. The Morgan fingerprint density at radius 3 is 2.55 bits per heavy atom. The molecule has 0 amide bonds. The molecule has 0 aliphatic carbocycles. The normalized spacial score (nSPS) is 17.6. The molecular weight excluding hydrogens is 288 g/mol. The first-order chi connectivity index (χ1) is 10.6. The van der Waals surface area contributed by atoms with Crippen LogP contribution in [0.4, 0.5) is 0 Å². The Balaban J connectivity index is 2.47. The zero-order valence-corrected chi connectivity index (χ0v) is 12.9. The number of aliphatic hydroxyl groups excluding tert-OH is 2. The Morgan fingerprint density at radius 2 is 2.00 bits per heavy atom. The number of aromatic nitrogens is 1. The van der Waals surface area contributed by atoms with Crippen LogP contribution in [0.25, 0.3) is 0 Å². The summed E-state index contributed by atoms with van der Waals surface area (Å²) in [6.45, 7) is 4.51. The predicted molar refractivity (Wildman–Crippen MR) is 80.8 cm³/mol. The van der Waals surface area contributed by atoms with E-state index in [2.05, 4.69) is 4.90 Å². The van der Waals surface area contributed by atoms with E-state index in [1.807, 2.05) is 6.92 Å². The molecule has 0 bridgehead atoms. The molecular formula is C15H24N2O5. The van der Waals surface area contributed by atoms with Crippen LogP contribution in [0.5, 0.6) is 5.75 Å². The van der Waals surface area contributed by atoms with Gasteiger partial charge in [-0.2, -0.15) is 0 Å². The van der Waals surface area contributed by atoms with E-state index in [1.165, 1.54) is 6.07 Å². The minimum Gasteiger partial charge on any atom is -0.503 e. The minimum atomic E-state index is -0.503. The van der Waals surface area contributed by atoms with E-state index < -0.39 is 5.43 Å². The van der Waals surface area contributed by atoms with Gasteiger partial charge < -0.3 is 24.6 Å². The van der Waals surface area contributed by atoms with Crippen molar-refractivity contribution in [3.8, 4) is 5.75 Å². The molecule has 7 nitrogen and oxygen atoms in total. The first kappa shape index (κ1) is 17.0. The number of rotatable bonds is 6. The molecule has 0 spiro atoms. The van der Waals surface area contributed by atoms with Gasteiger partial charge >= 0.3 is 0 Å². The Bertz CT molecular complexity index is 548. The highest BCUT2D eigenvalue weighted by atomic mass is 16.5. The standard InChI is InChI=1S/C15H24N2O5/c1-2-11(9-18)17-12(10-19)7-14(20)15(21)13(17)8-16-3-5-22-6-4-16/h7,11,18-19,21H,2-6,8-10H2,1H3. The fourth-order valence-electron chi connectivity index (χ4n) is 2.81. The van der Waals surface area contributed by atoms with Crippen LogP contribution in [0.2, 0.25) is 0 Å². The van der Waals surface area contributed by atoms with Crippen molar-refractivity contribution >= 4 is 0 Å². The summed E-state index contributed by atoms with van der Waals surface area (Å²) in [6, 6.07) is 0.945. The Hall–Kier alpha value is -1.41. The van der Waals surface area contributed by atoms with E-state index in [1.54, 1.807) is 4.57 Å². The average Bonchev–Trinajstić information content (AvgIpc) is 2.55. The lowest BCUT2D eigenvalue weighted by Gasteiger charge is -2.31. The molecule has 1 saturated heterocycles. The maximum atomic E-state index is 11.9. The van der Waals surface area contributed by atoms with Gasteiger partial charge in [0.25, 0.3) is 0 Å². The highest BCUT2D eigenvalue weighted by Crippen LogP contribution is 2.24. The molecule has 0 radical (unpaired) electrons. The largest absolute Gasteiger partial charge is 0.503 e. The maximum absolute atomic E-state index is 11.9. The van der Waals surface area contributed by atoms with Crippen molar-refractivity contribution in [1.82, 2.24) is 9.47 Å². The molecule has 1 aliphatic heterocycles. The lowest BCUT2D eigenvalue weighted by molar-refractivity contribution is 0.0320. The summed E-state index contributed by atoms with van der Waals surface area (Å²) in [5, 5.41) is 29.4. The number of ether oxygens (including phenoxy) is 1.